The topological polar surface area (TPSA) is 65.9 Å². The van der Waals surface area contributed by atoms with Gasteiger partial charge < -0.3 is 4.90 Å². The van der Waals surface area contributed by atoms with Crippen LogP contribution in [0.4, 0.5) is 0 Å². The largest absolute Gasteiger partial charge is 0.339 e. The van der Waals surface area contributed by atoms with Crippen molar-refractivity contribution in [3.8, 4) is 0 Å². The molecule has 0 saturated heterocycles. The van der Waals surface area contributed by atoms with Crippen molar-refractivity contribution in [3.63, 3.8) is 0 Å². The molecule has 0 atom stereocenters. The molecular weight excluding hydrogens is 384 g/mol. The molecule has 0 bridgehead atoms. The fourth-order valence-electron chi connectivity index (χ4n) is 3.28. The highest BCUT2D eigenvalue weighted by atomic mass is 32.1. The molecule has 6 nitrogen and oxygen atoms in total. The molecule has 2 amide bonds. The lowest BCUT2D eigenvalue weighted by molar-refractivity contribution is -0.136. The Bertz CT molecular complexity index is 1030. The molecule has 1 aromatic heterocycles. The average molecular weight is 407 g/mol. The summed E-state index contributed by atoms with van der Waals surface area (Å²) in [6, 6.07) is 17.8. The second-order valence-corrected chi connectivity index (χ2v) is 8.12. The van der Waals surface area contributed by atoms with E-state index in [-0.39, 0.29) is 24.7 Å². The molecular formula is C22H22N4O2S. The van der Waals surface area contributed by atoms with Crippen LogP contribution in [0.2, 0.25) is 0 Å². The van der Waals surface area contributed by atoms with Crippen LogP contribution in [0.3, 0.4) is 0 Å². The number of hydrazone groups is 1. The number of aromatic nitrogens is 1. The number of carbonyl (C=O) groups is 2. The maximum absolute atomic E-state index is 12.5. The van der Waals surface area contributed by atoms with Crippen molar-refractivity contribution < 1.29 is 9.59 Å². The van der Waals surface area contributed by atoms with E-state index in [9.17, 15) is 9.59 Å². The van der Waals surface area contributed by atoms with Crippen LogP contribution in [0.15, 0.2) is 59.7 Å². The van der Waals surface area contributed by atoms with Crippen molar-refractivity contribution >= 4 is 39.1 Å². The predicted octanol–water partition coefficient (Wildman–Crippen LogP) is 3.67. The maximum atomic E-state index is 12.5. The van der Waals surface area contributed by atoms with Crippen molar-refractivity contribution in [1.82, 2.24) is 14.9 Å². The minimum absolute atomic E-state index is 0.0657. The van der Waals surface area contributed by atoms with Crippen LogP contribution in [0.1, 0.15) is 29.8 Å². The van der Waals surface area contributed by atoms with Crippen LogP contribution in [0.25, 0.3) is 10.2 Å². The van der Waals surface area contributed by atoms with E-state index >= 15 is 0 Å². The third kappa shape index (κ3) is 4.51. The Balaban J connectivity index is 1.29. The zero-order valence-electron chi connectivity index (χ0n) is 16.2. The molecule has 2 aromatic carbocycles. The first-order chi connectivity index (χ1) is 14.1. The van der Waals surface area contributed by atoms with E-state index < -0.39 is 0 Å². The normalized spacial score (nSPS) is 13.6. The summed E-state index contributed by atoms with van der Waals surface area (Å²) in [6.07, 6.45) is 1.07. The highest BCUT2D eigenvalue weighted by molar-refractivity contribution is 7.18. The number of para-hydroxylation sites is 1. The summed E-state index contributed by atoms with van der Waals surface area (Å²) in [7, 11) is 1.75. The van der Waals surface area contributed by atoms with Gasteiger partial charge in [0, 0.05) is 26.3 Å². The number of nitrogens with zero attached hydrogens (tertiary/aromatic N) is 4. The molecule has 0 radical (unpaired) electrons. The van der Waals surface area contributed by atoms with Crippen LogP contribution in [-0.4, -0.2) is 46.0 Å². The average Bonchev–Trinajstić information content (AvgIpc) is 3.39. The molecule has 3 aromatic rings. The van der Waals surface area contributed by atoms with Gasteiger partial charge in [-0.25, -0.2) is 9.99 Å². The number of thiazole rings is 1. The highest BCUT2D eigenvalue weighted by Gasteiger charge is 2.22. The minimum Gasteiger partial charge on any atom is -0.339 e. The van der Waals surface area contributed by atoms with Gasteiger partial charge in [-0.1, -0.05) is 42.5 Å². The van der Waals surface area contributed by atoms with Gasteiger partial charge in [-0.15, -0.1) is 11.3 Å². The third-order valence-electron chi connectivity index (χ3n) is 4.89. The van der Waals surface area contributed by atoms with Crippen LogP contribution in [0, 0.1) is 0 Å². The molecule has 1 aliphatic rings. The number of hydrogen-bond acceptors (Lipinski definition) is 5. The zero-order valence-corrected chi connectivity index (χ0v) is 17.1. The number of carbonyl (C=O) groups excluding carboxylic acids is 2. The quantitative estimate of drug-likeness (QED) is 0.627. The lowest BCUT2D eigenvalue weighted by Gasteiger charge is -2.16. The molecule has 2 heterocycles. The Morgan fingerprint density at radius 1 is 1.07 bits per heavy atom. The number of benzene rings is 2. The van der Waals surface area contributed by atoms with Crippen LogP contribution < -0.4 is 0 Å². The van der Waals surface area contributed by atoms with E-state index in [1.54, 1.807) is 23.3 Å². The van der Waals surface area contributed by atoms with Gasteiger partial charge in [0.1, 0.15) is 5.01 Å². The number of hydrogen-bond donors (Lipinski definition) is 0. The first-order valence-corrected chi connectivity index (χ1v) is 10.4. The van der Waals surface area contributed by atoms with E-state index in [0.717, 1.165) is 32.9 Å². The van der Waals surface area contributed by atoms with Crippen molar-refractivity contribution in [1.29, 1.82) is 0 Å². The summed E-state index contributed by atoms with van der Waals surface area (Å²) < 4.78 is 1.11. The summed E-state index contributed by atoms with van der Waals surface area (Å²) in [5.41, 5.74) is 2.90. The summed E-state index contributed by atoms with van der Waals surface area (Å²) in [4.78, 5) is 31.1. The van der Waals surface area contributed by atoms with Gasteiger partial charge >= 0.3 is 0 Å². The molecule has 0 fully saturated rings. The summed E-state index contributed by atoms with van der Waals surface area (Å²) in [5, 5.41) is 6.82. The molecule has 4 rings (SSSR count). The summed E-state index contributed by atoms with van der Waals surface area (Å²) in [6.45, 7) is 1.02. The summed E-state index contributed by atoms with van der Waals surface area (Å²) in [5.74, 6) is -0.179. The highest BCUT2D eigenvalue weighted by Crippen LogP contribution is 2.22. The van der Waals surface area contributed by atoms with Crippen LogP contribution in [0.5, 0.6) is 0 Å². The van der Waals surface area contributed by atoms with Gasteiger partial charge in [0.25, 0.3) is 0 Å². The number of rotatable bonds is 6. The summed E-state index contributed by atoms with van der Waals surface area (Å²) >= 11 is 1.59. The van der Waals surface area contributed by atoms with Crippen molar-refractivity contribution in [3.05, 3.63) is 65.2 Å². The minimum atomic E-state index is -0.113. The monoisotopic (exact) mass is 406 g/mol. The Hall–Kier alpha value is -3.06. The molecule has 0 spiro atoms. The Morgan fingerprint density at radius 2 is 1.83 bits per heavy atom. The zero-order chi connectivity index (χ0) is 20.2. The lowest BCUT2D eigenvalue weighted by Crippen LogP contribution is -2.29. The van der Waals surface area contributed by atoms with Gasteiger partial charge in [0.05, 0.1) is 29.0 Å². The number of fused-ring (bicyclic) bond motifs is 1. The fraction of sp³-hybridized carbons (Fsp3) is 0.273. The van der Waals surface area contributed by atoms with E-state index in [4.69, 9.17) is 0 Å². The molecule has 0 N–H and O–H groups in total. The van der Waals surface area contributed by atoms with Gasteiger partial charge in [-0.3, -0.25) is 9.59 Å². The van der Waals surface area contributed by atoms with Gasteiger partial charge in [0.15, 0.2) is 0 Å². The molecule has 7 heteroatoms. The van der Waals surface area contributed by atoms with E-state index in [1.165, 1.54) is 5.01 Å². The fourth-order valence-corrected chi connectivity index (χ4v) is 4.30. The third-order valence-corrected chi connectivity index (χ3v) is 5.91. The molecule has 1 aliphatic heterocycles. The van der Waals surface area contributed by atoms with Crippen LogP contribution in [-0.2, 0) is 16.1 Å². The van der Waals surface area contributed by atoms with Gasteiger partial charge in [0.2, 0.25) is 11.8 Å². The molecule has 148 valence electrons. The van der Waals surface area contributed by atoms with Gasteiger partial charge in [-0.2, -0.15) is 5.10 Å². The Labute approximate surface area is 173 Å². The maximum Gasteiger partial charge on any atom is 0.243 e. The first-order valence-electron chi connectivity index (χ1n) is 9.62. The van der Waals surface area contributed by atoms with E-state index in [2.05, 4.69) is 10.1 Å². The Morgan fingerprint density at radius 3 is 2.62 bits per heavy atom. The van der Waals surface area contributed by atoms with Gasteiger partial charge in [-0.05, 0) is 17.7 Å². The second-order valence-electron chi connectivity index (χ2n) is 7.00. The number of amides is 2. The standard InChI is InChI=1S/C22H22N4O2S/c1-25(15-20-23-18-9-5-6-10-19(18)29-20)21(27)11-12-22(28)26-14-13-17(24-26)16-7-3-2-4-8-16/h2-10H,11-15H2,1H3. The van der Waals surface area contributed by atoms with Crippen molar-refractivity contribution in [2.75, 3.05) is 13.6 Å². The van der Waals surface area contributed by atoms with E-state index in [0.29, 0.717) is 13.1 Å². The molecule has 0 unspecified atom stereocenters. The first kappa shape index (κ1) is 19.3. The lowest BCUT2D eigenvalue weighted by atomic mass is 10.1. The molecule has 0 saturated carbocycles. The van der Waals surface area contributed by atoms with E-state index in [1.807, 2.05) is 54.6 Å². The molecule has 29 heavy (non-hydrogen) atoms. The second kappa shape index (κ2) is 8.53. The SMILES string of the molecule is CN(Cc1nc2ccccc2s1)C(=O)CCC(=O)N1CCC(c2ccccc2)=N1. The van der Waals surface area contributed by atoms with Crippen LogP contribution >= 0.6 is 11.3 Å². The van der Waals surface area contributed by atoms with Crippen molar-refractivity contribution in [2.45, 2.75) is 25.8 Å². The molecule has 0 aliphatic carbocycles. The van der Waals surface area contributed by atoms with Crippen molar-refractivity contribution in [2.24, 2.45) is 5.10 Å². The smallest absolute Gasteiger partial charge is 0.243 e. The Kier molecular flexibility index (Phi) is 5.67. The predicted molar refractivity (Wildman–Crippen MR) is 115 cm³/mol.